The van der Waals surface area contributed by atoms with Crippen molar-refractivity contribution in [2.45, 2.75) is 18.7 Å². The van der Waals surface area contributed by atoms with E-state index in [4.69, 9.17) is 9.47 Å². The van der Waals surface area contributed by atoms with Crippen LogP contribution in [0.25, 0.3) is 11.4 Å². The van der Waals surface area contributed by atoms with E-state index in [-0.39, 0.29) is 4.90 Å². The Kier molecular flexibility index (Phi) is 4.99. The van der Waals surface area contributed by atoms with Gasteiger partial charge >= 0.3 is 0 Å². The molecule has 1 aromatic heterocycles. The topological polar surface area (TPSA) is 70.4 Å². The normalized spacial score (nSPS) is 11.3. The smallest absolute Gasteiger partial charge is 0.269 e. The number of aromatic nitrogens is 2. The van der Waals surface area contributed by atoms with Crippen LogP contribution in [-0.2, 0) is 10.0 Å². The Hall–Kier alpha value is -2.80. The van der Waals surface area contributed by atoms with Crippen molar-refractivity contribution in [1.82, 2.24) is 8.96 Å². The molecular weight excluding hydrogens is 352 g/mol. The van der Waals surface area contributed by atoms with Gasteiger partial charge in [0.1, 0.15) is 0 Å². The number of aryl methyl sites for hydroxylation is 1. The summed E-state index contributed by atoms with van der Waals surface area (Å²) in [5.41, 5.74) is 1.61. The Balaban J connectivity index is 2.07. The molecule has 26 heavy (non-hydrogen) atoms. The van der Waals surface area contributed by atoms with Gasteiger partial charge in [-0.25, -0.2) is 17.4 Å². The number of benzene rings is 2. The van der Waals surface area contributed by atoms with Crippen molar-refractivity contribution in [3.8, 4) is 22.9 Å². The fourth-order valence-corrected chi connectivity index (χ4v) is 3.89. The number of rotatable bonds is 6. The number of hydrogen-bond acceptors (Lipinski definition) is 5. The highest BCUT2D eigenvalue weighted by Crippen LogP contribution is 2.33. The molecular formula is C19H20N2O4S. The van der Waals surface area contributed by atoms with Crippen molar-refractivity contribution in [2.24, 2.45) is 0 Å². The maximum atomic E-state index is 13.0. The Morgan fingerprint density at radius 3 is 2.46 bits per heavy atom. The summed E-state index contributed by atoms with van der Waals surface area (Å²) in [6, 6.07) is 11.9. The molecule has 7 heteroatoms. The second-order valence-corrected chi connectivity index (χ2v) is 7.48. The Morgan fingerprint density at radius 1 is 1.08 bits per heavy atom. The van der Waals surface area contributed by atoms with Crippen LogP contribution in [0.15, 0.2) is 59.8 Å². The first-order chi connectivity index (χ1) is 12.5. The molecule has 0 N–H and O–H groups in total. The van der Waals surface area contributed by atoms with E-state index in [1.54, 1.807) is 42.5 Å². The van der Waals surface area contributed by atoms with Gasteiger partial charge in [-0.1, -0.05) is 17.7 Å². The standard InChI is InChI=1S/C19H20N2O4S/c1-4-25-17-10-7-15(13-18(17)24-3)19-20-11-12-21(19)26(22,23)16-8-5-14(2)6-9-16/h5-13H,4H2,1-3H3. The van der Waals surface area contributed by atoms with Gasteiger partial charge in [0.05, 0.1) is 18.6 Å². The molecule has 3 rings (SSSR count). The summed E-state index contributed by atoms with van der Waals surface area (Å²) >= 11 is 0. The number of nitrogens with zero attached hydrogens (tertiary/aromatic N) is 2. The Bertz CT molecular complexity index is 1010. The predicted octanol–water partition coefficient (Wildman–Crippen LogP) is 3.50. The fourth-order valence-electron chi connectivity index (χ4n) is 2.59. The largest absolute Gasteiger partial charge is 0.493 e. The van der Waals surface area contributed by atoms with Crippen LogP contribution in [0.4, 0.5) is 0 Å². The summed E-state index contributed by atoms with van der Waals surface area (Å²) in [4.78, 5) is 4.44. The minimum Gasteiger partial charge on any atom is -0.493 e. The summed E-state index contributed by atoms with van der Waals surface area (Å²) < 4.78 is 38.0. The van der Waals surface area contributed by atoms with E-state index < -0.39 is 10.0 Å². The lowest BCUT2D eigenvalue weighted by Crippen LogP contribution is -2.13. The number of ether oxygens (including phenoxy) is 2. The molecule has 136 valence electrons. The average Bonchev–Trinajstić information content (AvgIpc) is 3.13. The third kappa shape index (κ3) is 3.30. The molecule has 0 atom stereocenters. The summed E-state index contributed by atoms with van der Waals surface area (Å²) in [6.45, 7) is 4.30. The number of methoxy groups -OCH3 is 1. The molecule has 0 spiro atoms. The van der Waals surface area contributed by atoms with E-state index in [1.165, 1.54) is 23.5 Å². The maximum absolute atomic E-state index is 13.0. The van der Waals surface area contributed by atoms with E-state index >= 15 is 0 Å². The van der Waals surface area contributed by atoms with Crippen LogP contribution in [-0.4, -0.2) is 31.1 Å². The zero-order valence-electron chi connectivity index (χ0n) is 14.8. The first-order valence-electron chi connectivity index (χ1n) is 8.14. The SMILES string of the molecule is CCOc1ccc(-c2nccn2S(=O)(=O)c2ccc(C)cc2)cc1OC. The lowest BCUT2D eigenvalue weighted by Gasteiger charge is -2.13. The minimum atomic E-state index is -3.75. The van der Waals surface area contributed by atoms with Gasteiger partial charge in [-0.15, -0.1) is 0 Å². The first kappa shape index (κ1) is 18.0. The average molecular weight is 372 g/mol. The summed E-state index contributed by atoms with van der Waals surface area (Å²) in [5.74, 6) is 1.43. The van der Waals surface area contributed by atoms with Crippen molar-refractivity contribution < 1.29 is 17.9 Å². The van der Waals surface area contributed by atoms with Gasteiger partial charge in [-0.3, -0.25) is 0 Å². The highest BCUT2D eigenvalue weighted by atomic mass is 32.2. The molecule has 6 nitrogen and oxygen atoms in total. The Morgan fingerprint density at radius 2 is 1.81 bits per heavy atom. The molecule has 0 aliphatic rings. The lowest BCUT2D eigenvalue weighted by atomic mass is 10.2. The molecule has 0 fully saturated rings. The van der Waals surface area contributed by atoms with E-state index in [2.05, 4.69) is 4.98 Å². The molecule has 0 aliphatic carbocycles. The minimum absolute atomic E-state index is 0.209. The molecule has 0 unspecified atom stereocenters. The van der Waals surface area contributed by atoms with E-state index in [0.29, 0.717) is 29.5 Å². The van der Waals surface area contributed by atoms with Crippen molar-refractivity contribution >= 4 is 10.0 Å². The Labute approximate surface area is 153 Å². The molecule has 0 saturated carbocycles. The van der Waals surface area contributed by atoms with E-state index in [9.17, 15) is 8.42 Å². The molecule has 1 heterocycles. The molecule has 0 bridgehead atoms. The van der Waals surface area contributed by atoms with Crippen molar-refractivity contribution in [3.63, 3.8) is 0 Å². The second-order valence-electron chi connectivity index (χ2n) is 5.66. The van der Waals surface area contributed by atoms with Gasteiger partial charge in [0.25, 0.3) is 10.0 Å². The predicted molar refractivity (Wildman–Crippen MR) is 99.1 cm³/mol. The summed E-state index contributed by atoms with van der Waals surface area (Å²) in [7, 11) is -2.21. The molecule has 3 aromatic rings. The van der Waals surface area contributed by atoms with Crippen molar-refractivity contribution in [2.75, 3.05) is 13.7 Å². The van der Waals surface area contributed by atoms with Crippen LogP contribution in [0, 0.1) is 6.92 Å². The summed E-state index contributed by atoms with van der Waals surface area (Å²) in [6.07, 6.45) is 2.90. The fraction of sp³-hybridized carbons (Fsp3) is 0.211. The van der Waals surface area contributed by atoms with Gasteiger partial charge < -0.3 is 9.47 Å². The van der Waals surface area contributed by atoms with Gasteiger partial charge in [0.2, 0.25) is 0 Å². The second kappa shape index (κ2) is 7.21. The molecule has 2 aromatic carbocycles. The number of hydrogen-bond donors (Lipinski definition) is 0. The van der Waals surface area contributed by atoms with Crippen LogP contribution in [0.3, 0.4) is 0 Å². The van der Waals surface area contributed by atoms with Gasteiger partial charge in [-0.05, 0) is 44.2 Å². The van der Waals surface area contributed by atoms with Crippen molar-refractivity contribution in [1.29, 1.82) is 0 Å². The van der Waals surface area contributed by atoms with E-state index in [0.717, 1.165) is 5.56 Å². The first-order valence-corrected chi connectivity index (χ1v) is 9.58. The third-order valence-corrected chi connectivity index (χ3v) is 5.59. The summed E-state index contributed by atoms with van der Waals surface area (Å²) in [5, 5.41) is 0. The van der Waals surface area contributed by atoms with Gasteiger partial charge in [0, 0.05) is 18.0 Å². The molecule has 0 radical (unpaired) electrons. The zero-order valence-corrected chi connectivity index (χ0v) is 15.7. The van der Waals surface area contributed by atoms with Crippen LogP contribution < -0.4 is 9.47 Å². The molecule has 0 saturated heterocycles. The maximum Gasteiger partial charge on any atom is 0.269 e. The third-order valence-electron chi connectivity index (χ3n) is 3.91. The van der Waals surface area contributed by atoms with Crippen LogP contribution in [0.5, 0.6) is 11.5 Å². The van der Waals surface area contributed by atoms with Crippen LogP contribution >= 0.6 is 0 Å². The number of imidazole rings is 1. The molecule has 0 aliphatic heterocycles. The van der Waals surface area contributed by atoms with Crippen molar-refractivity contribution in [3.05, 3.63) is 60.4 Å². The van der Waals surface area contributed by atoms with Gasteiger partial charge in [-0.2, -0.15) is 0 Å². The molecule has 0 amide bonds. The van der Waals surface area contributed by atoms with E-state index in [1.807, 2.05) is 13.8 Å². The zero-order chi connectivity index (χ0) is 18.7. The highest BCUT2D eigenvalue weighted by Gasteiger charge is 2.21. The van der Waals surface area contributed by atoms with Crippen LogP contribution in [0.2, 0.25) is 0 Å². The quantitative estimate of drug-likeness (QED) is 0.662. The highest BCUT2D eigenvalue weighted by molar-refractivity contribution is 7.90. The lowest BCUT2D eigenvalue weighted by molar-refractivity contribution is 0.311. The van der Waals surface area contributed by atoms with Gasteiger partial charge in [0.15, 0.2) is 17.3 Å². The van der Waals surface area contributed by atoms with Crippen LogP contribution in [0.1, 0.15) is 12.5 Å². The monoisotopic (exact) mass is 372 g/mol.